The van der Waals surface area contributed by atoms with Gasteiger partial charge in [0, 0.05) is 29.3 Å². The number of hydrogen-bond donors (Lipinski definition) is 1. The van der Waals surface area contributed by atoms with Gasteiger partial charge in [-0.05, 0) is 12.1 Å². The van der Waals surface area contributed by atoms with Crippen LogP contribution in [0, 0.1) is 20.2 Å². The molecule has 1 aliphatic heterocycles. The van der Waals surface area contributed by atoms with Crippen molar-refractivity contribution in [3.05, 3.63) is 61.7 Å². The number of sulfonamides is 1. The van der Waals surface area contributed by atoms with Crippen molar-refractivity contribution in [1.29, 1.82) is 0 Å². The molecule has 12 nitrogen and oxygen atoms in total. The van der Waals surface area contributed by atoms with Gasteiger partial charge >= 0.3 is 5.69 Å². The predicted molar refractivity (Wildman–Crippen MR) is 92.2 cm³/mol. The first-order valence-electron chi connectivity index (χ1n) is 7.61. The molecule has 0 fully saturated rings. The molecular weight excluding hydrogens is 398 g/mol. The Balaban J connectivity index is 1.95. The Morgan fingerprint density at radius 3 is 2.54 bits per heavy atom. The van der Waals surface area contributed by atoms with E-state index in [1.54, 1.807) is 0 Å². The SMILES string of the molecule is NS(=O)(=O)c1ccc(OCc2cc([N+](=O)[O-])cc3c2OCOC3)c([N+](=O)[O-])c1. The molecule has 1 heterocycles. The average molecular weight is 411 g/mol. The van der Waals surface area contributed by atoms with Gasteiger partial charge in [-0.2, -0.15) is 0 Å². The minimum atomic E-state index is -4.14. The monoisotopic (exact) mass is 411 g/mol. The smallest absolute Gasteiger partial charge is 0.312 e. The third kappa shape index (κ3) is 4.00. The highest BCUT2D eigenvalue weighted by molar-refractivity contribution is 7.89. The summed E-state index contributed by atoms with van der Waals surface area (Å²) in [5.41, 5.74) is -0.101. The molecule has 1 aliphatic rings. The van der Waals surface area contributed by atoms with Crippen LogP contribution in [0.1, 0.15) is 11.1 Å². The van der Waals surface area contributed by atoms with Crippen LogP contribution in [0.3, 0.4) is 0 Å². The molecule has 0 aromatic heterocycles. The fourth-order valence-electron chi connectivity index (χ4n) is 2.59. The quantitative estimate of drug-likeness (QED) is 0.546. The topological polar surface area (TPSA) is 174 Å². The van der Waals surface area contributed by atoms with Crippen LogP contribution >= 0.6 is 0 Å². The summed E-state index contributed by atoms with van der Waals surface area (Å²) >= 11 is 0. The second kappa shape index (κ2) is 7.38. The summed E-state index contributed by atoms with van der Waals surface area (Å²) in [5, 5.41) is 27.3. The highest BCUT2D eigenvalue weighted by atomic mass is 32.2. The molecule has 0 bridgehead atoms. The third-order valence-electron chi connectivity index (χ3n) is 3.82. The maximum absolute atomic E-state index is 11.4. The zero-order valence-electron chi connectivity index (χ0n) is 14.1. The Morgan fingerprint density at radius 1 is 1.14 bits per heavy atom. The Labute approximate surface area is 157 Å². The molecule has 3 rings (SSSR count). The zero-order chi connectivity index (χ0) is 20.5. The van der Waals surface area contributed by atoms with Crippen LogP contribution in [-0.2, 0) is 28.0 Å². The number of hydrogen-bond acceptors (Lipinski definition) is 9. The number of rotatable bonds is 6. The molecular formula is C15H13N3O9S. The number of non-ortho nitro benzene ring substituents is 1. The number of nitro benzene ring substituents is 2. The zero-order valence-corrected chi connectivity index (χ0v) is 14.9. The van der Waals surface area contributed by atoms with Gasteiger partial charge in [-0.3, -0.25) is 20.2 Å². The summed E-state index contributed by atoms with van der Waals surface area (Å²) in [6, 6.07) is 5.46. The highest BCUT2D eigenvalue weighted by Gasteiger charge is 2.24. The molecule has 0 aliphatic carbocycles. The molecule has 2 aromatic carbocycles. The maximum Gasteiger partial charge on any atom is 0.312 e. The van der Waals surface area contributed by atoms with Gasteiger partial charge in [0.05, 0.1) is 21.3 Å². The lowest BCUT2D eigenvalue weighted by Crippen LogP contribution is -2.15. The molecule has 0 atom stereocenters. The van der Waals surface area contributed by atoms with Crippen LogP contribution in [0.5, 0.6) is 11.5 Å². The number of nitro groups is 2. The number of ether oxygens (including phenoxy) is 3. The second-order valence-corrected chi connectivity index (χ2v) is 7.24. The van der Waals surface area contributed by atoms with Crippen molar-refractivity contribution < 1.29 is 32.5 Å². The standard InChI is InChI=1S/C15H13N3O9S/c16-28(23,24)12-1-2-14(13(5-12)18(21)22)26-7-10-4-11(17(19)20)3-9-6-25-8-27-15(9)10/h1-5H,6-8H2,(H2,16,23,24). The summed E-state index contributed by atoms with van der Waals surface area (Å²) in [6.45, 7) is -0.242. The lowest BCUT2D eigenvalue weighted by atomic mass is 10.1. The molecule has 0 unspecified atom stereocenters. The van der Waals surface area contributed by atoms with Crippen molar-refractivity contribution in [2.75, 3.05) is 6.79 Å². The maximum atomic E-state index is 11.4. The molecule has 0 saturated carbocycles. The van der Waals surface area contributed by atoms with Crippen LogP contribution in [-0.4, -0.2) is 25.1 Å². The lowest BCUT2D eigenvalue weighted by Gasteiger charge is -2.20. The van der Waals surface area contributed by atoms with E-state index >= 15 is 0 Å². The van der Waals surface area contributed by atoms with Gasteiger partial charge in [-0.25, -0.2) is 13.6 Å². The Morgan fingerprint density at radius 2 is 1.89 bits per heavy atom. The van der Waals surface area contributed by atoms with Crippen LogP contribution in [0.2, 0.25) is 0 Å². The summed E-state index contributed by atoms with van der Waals surface area (Å²) in [7, 11) is -4.14. The minimum absolute atomic E-state index is 0.0545. The van der Waals surface area contributed by atoms with Gasteiger partial charge < -0.3 is 14.2 Å². The number of nitrogens with two attached hydrogens (primary N) is 1. The summed E-state index contributed by atoms with van der Waals surface area (Å²) < 4.78 is 38.7. The Bertz CT molecular complexity index is 1070. The van der Waals surface area contributed by atoms with Gasteiger partial charge in [0.1, 0.15) is 12.4 Å². The van der Waals surface area contributed by atoms with E-state index in [1.807, 2.05) is 0 Å². The second-order valence-electron chi connectivity index (χ2n) is 5.68. The van der Waals surface area contributed by atoms with Gasteiger partial charge in [-0.1, -0.05) is 0 Å². The first kappa shape index (κ1) is 19.5. The molecule has 0 saturated heterocycles. The van der Waals surface area contributed by atoms with Gasteiger partial charge in [0.25, 0.3) is 5.69 Å². The largest absolute Gasteiger partial charge is 0.482 e. The number of benzene rings is 2. The van der Waals surface area contributed by atoms with Crippen LogP contribution < -0.4 is 14.6 Å². The molecule has 0 radical (unpaired) electrons. The number of primary sulfonamides is 1. The van der Waals surface area contributed by atoms with E-state index in [0.29, 0.717) is 11.3 Å². The van der Waals surface area contributed by atoms with Crippen molar-refractivity contribution in [3.8, 4) is 11.5 Å². The first-order valence-corrected chi connectivity index (χ1v) is 9.16. The molecule has 2 aromatic rings. The van der Waals surface area contributed by atoms with E-state index in [4.69, 9.17) is 19.3 Å². The third-order valence-corrected chi connectivity index (χ3v) is 4.73. The molecule has 2 N–H and O–H groups in total. The van der Waals surface area contributed by atoms with Crippen molar-refractivity contribution in [1.82, 2.24) is 0 Å². The Hall–Kier alpha value is -3.29. The molecule has 148 valence electrons. The molecule has 13 heteroatoms. The van der Waals surface area contributed by atoms with Crippen molar-refractivity contribution >= 4 is 21.4 Å². The van der Waals surface area contributed by atoms with Crippen molar-refractivity contribution in [3.63, 3.8) is 0 Å². The number of nitrogens with zero attached hydrogens (tertiary/aromatic N) is 2. The predicted octanol–water partition coefficient (Wildman–Crippen LogP) is 1.60. The summed E-state index contributed by atoms with van der Waals surface area (Å²) in [5.74, 6) is 0.102. The van der Waals surface area contributed by atoms with E-state index in [1.165, 1.54) is 12.1 Å². The van der Waals surface area contributed by atoms with E-state index in [0.717, 1.165) is 18.2 Å². The van der Waals surface area contributed by atoms with Crippen molar-refractivity contribution in [2.24, 2.45) is 5.14 Å². The van der Waals surface area contributed by atoms with E-state index < -0.39 is 30.5 Å². The highest BCUT2D eigenvalue weighted by Crippen LogP contribution is 2.35. The van der Waals surface area contributed by atoms with Crippen LogP contribution in [0.15, 0.2) is 35.2 Å². The van der Waals surface area contributed by atoms with Gasteiger partial charge in [-0.15, -0.1) is 0 Å². The minimum Gasteiger partial charge on any atom is -0.482 e. The van der Waals surface area contributed by atoms with E-state index in [-0.39, 0.29) is 37.0 Å². The van der Waals surface area contributed by atoms with Crippen LogP contribution in [0.25, 0.3) is 0 Å². The molecule has 0 spiro atoms. The van der Waals surface area contributed by atoms with E-state index in [2.05, 4.69) is 0 Å². The molecule has 0 amide bonds. The molecule has 28 heavy (non-hydrogen) atoms. The van der Waals surface area contributed by atoms with Gasteiger partial charge in [0.2, 0.25) is 10.0 Å². The van der Waals surface area contributed by atoms with Crippen molar-refractivity contribution in [2.45, 2.75) is 18.1 Å². The fraction of sp³-hybridized carbons (Fsp3) is 0.200. The normalized spacial score (nSPS) is 13.3. The Kier molecular flexibility index (Phi) is 5.13. The lowest BCUT2D eigenvalue weighted by molar-refractivity contribution is -0.386. The summed E-state index contributed by atoms with van der Waals surface area (Å²) in [6.07, 6.45) is 0. The fourth-order valence-corrected chi connectivity index (χ4v) is 3.12. The van der Waals surface area contributed by atoms with Crippen LogP contribution in [0.4, 0.5) is 11.4 Å². The van der Waals surface area contributed by atoms with E-state index in [9.17, 15) is 28.6 Å². The van der Waals surface area contributed by atoms with Gasteiger partial charge in [0.15, 0.2) is 12.5 Å². The number of fused-ring (bicyclic) bond motifs is 1. The first-order chi connectivity index (χ1) is 13.2. The summed E-state index contributed by atoms with van der Waals surface area (Å²) in [4.78, 5) is 20.5. The average Bonchev–Trinajstić information content (AvgIpc) is 2.64.